The van der Waals surface area contributed by atoms with Crippen molar-refractivity contribution in [1.29, 1.82) is 0 Å². The van der Waals surface area contributed by atoms with Gasteiger partial charge >= 0.3 is 6.03 Å². The van der Waals surface area contributed by atoms with Gasteiger partial charge in [-0.05, 0) is 42.0 Å². The highest BCUT2D eigenvalue weighted by atomic mass is 16.5. The van der Waals surface area contributed by atoms with E-state index in [1.807, 2.05) is 36.4 Å². The van der Waals surface area contributed by atoms with E-state index in [0.717, 1.165) is 24.0 Å². The van der Waals surface area contributed by atoms with Gasteiger partial charge in [0.2, 0.25) is 0 Å². The highest BCUT2D eigenvalue weighted by molar-refractivity contribution is 5.74. The fourth-order valence-corrected chi connectivity index (χ4v) is 2.93. The van der Waals surface area contributed by atoms with Crippen LogP contribution in [0.5, 0.6) is 11.5 Å². The second-order valence-corrected chi connectivity index (χ2v) is 6.24. The number of nitrogens with one attached hydrogen (secondary N) is 2. The Morgan fingerprint density at radius 2 is 1.80 bits per heavy atom. The van der Waals surface area contributed by atoms with Crippen molar-refractivity contribution in [3.05, 3.63) is 59.7 Å². The molecular formula is C20H24N2O3. The number of ether oxygens (including phenoxy) is 2. The molecule has 2 aromatic carbocycles. The topological polar surface area (TPSA) is 59.6 Å². The third-order valence-electron chi connectivity index (χ3n) is 4.44. The van der Waals surface area contributed by atoms with Crippen LogP contribution in [0.3, 0.4) is 0 Å². The fourth-order valence-electron chi connectivity index (χ4n) is 2.93. The molecule has 5 nitrogen and oxygen atoms in total. The molecule has 1 saturated carbocycles. The Bertz CT molecular complexity index is 714. The molecule has 0 aromatic heterocycles. The molecule has 0 bridgehead atoms. The summed E-state index contributed by atoms with van der Waals surface area (Å²) in [5.41, 5.74) is 2.11. The van der Waals surface area contributed by atoms with Gasteiger partial charge in [-0.25, -0.2) is 4.79 Å². The Kier molecular flexibility index (Phi) is 5.43. The van der Waals surface area contributed by atoms with Gasteiger partial charge in [0.1, 0.15) is 0 Å². The Hall–Kier alpha value is -2.69. The van der Waals surface area contributed by atoms with Gasteiger partial charge in [-0.2, -0.15) is 0 Å². The number of hydrogen-bond acceptors (Lipinski definition) is 3. The van der Waals surface area contributed by atoms with Crippen LogP contribution < -0.4 is 20.1 Å². The Balaban J connectivity index is 1.59. The lowest BCUT2D eigenvalue weighted by Gasteiger charge is -2.19. The number of carbonyl (C=O) groups excluding carboxylic acids is 1. The lowest BCUT2D eigenvalue weighted by Crippen LogP contribution is -2.38. The summed E-state index contributed by atoms with van der Waals surface area (Å²) in [5.74, 6) is 1.87. The molecule has 1 aliphatic carbocycles. The average Bonchev–Trinajstić information content (AvgIpc) is 3.50. The summed E-state index contributed by atoms with van der Waals surface area (Å²) in [6.45, 7) is 0.429. The van der Waals surface area contributed by atoms with Gasteiger partial charge in [-0.3, -0.25) is 0 Å². The average molecular weight is 340 g/mol. The van der Waals surface area contributed by atoms with Gasteiger partial charge in [-0.1, -0.05) is 36.4 Å². The first-order chi connectivity index (χ1) is 12.2. The number of methoxy groups -OCH3 is 2. The van der Waals surface area contributed by atoms with E-state index in [0.29, 0.717) is 24.0 Å². The maximum atomic E-state index is 12.3. The summed E-state index contributed by atoms with van der Waals surface area (Å²) in [6, 6.07) is 15.7. The summed E-state index contributed by atoms with van der Waals surface area (Å²) in [7, 11) is 3.20. The van der Waals surface area contributed by atoms with Crippen molar-refractivity contribution in [2.45, 2.75) is 25.4 Å². The molecule has 5 heteroatoms. The monoisotopic (exact) mass is 340 g/mol. The molecule has 1 fully saturated rings. The standard InChI is InChI=1S/C20H24N2O3/c1-24-17-11-8-14(12-18(17)25-2)13-21-20(23)22-19(16-9-10-16)15-6-4-3-5-7-15/h3-8,11-12,16,19H,9-10,13H2,1-2H3,(H2,21,22,23)/t19-/m0/s1. The second kappa shape index (κ2) is 7.92. The molecule has 2 amide bonds. The van der Waals surface area contributed by atoms with Crippen molar-refractivity contribution >= 4 is 6.03 Å². The number of amides is 2. The van der Waals surface area contributed by atoms with Crippen LogP contribution >= 0.6 is 0 Å². The van der Waals surface area contributed by atoms with Crippen LogP contribution in [0, 0.1) is 5.92 Å². The third-order valence-corrected chi connectivity index (χ3v) is 4.44. The maximum absolute atomic E-state index is 12.3. The molecule has 0 spiro atoms. The zero-order valence-corrected chi connectivity index (χ0v) is 14.6. The largest absolute Gasteiger partial charge is 0.493 e. The van der Waals surface area contributed by atoms with Gasteiger partial charge < -0.3 is 20.1 Å². The van der Waals surface area contributed by atoms with E-state index in [2.05, 4.69) is 22.8 Å². The Morgan fingerprint density at radius 3 is 2.44 bits per heavy atom. The summed E-state index contributed by atoms with van der Waals surface area (Å²) < 4.78 is 10.5. The van der Waals surface area contributed by atoms with Crippen molar-refractivity contribution in [3.8, 4) is 11.5 Å². The van der Waals surface area contributed by atoms with E-state index >= 15 is 0 Å². The summed E-state index contributed by atoms with van der Waals surface area (Å²) in [5, 5.41) is 6.03. The molecule has 0 radical (unpaired) electrons. The SMILES string of the molecule is COc1ccc(CNC(=O)N[C@@H](c2ccccc2)C2CC2)cc1OC. The minimum absolute atomic E-state index is 0.0756. The molecule has 3 rings (SSSR count). The molecule has 25 heavy (non-hydrogen) atoms. The predicted molar refractivity (Wildman–Crippen MR) is 96.8 cm³/mol. The maximum Gasteiger partial charge on any atom is 0.315 e. The van der Waals surface area contributed by atoms with Gasteiger partial charge in [0.15, 0.2) is 11.5 Å². The minimum atomic E-state index is -0.157. The van der Waals surface area contributed by atoms with Crippen LogP contribution in [-0.4, -0.2) is 20.3 Å². The van der Waals surface area contributed by atoms with Crippen molar-refractivity contribution in [1.82, 2.24) is 10.6 Å². The van der Waals surface area contributed by atoms with E-state index < -0.39 is 0 Å². The van der Waals surface area contributed by atoms with E-state index in [9.17, 15) is 4.79 Å². The summed E-state index contributed by atoms with van der Waals surface area (Å²) in [6.07, 6.45) is 2.32. The van der Waals surface area contributed by atoms with E-state index in [1.54, 1.807) is 14.2 Å². The molecule has 2 aromatic rings. The molecule has 1 atom stereocenters. The zero-order valence-electron chi connectivity index (χ0n) is 14.6. The van der Waals surface area contributed by atoms with Crippen LogP contribution in [0.1, 0.15) is 30.0 Å². The molecule has 0 saturated heterocycles. The highest BCUT2D eigenvalue weighted by Crippen LogP contribution is 2.40. The van der Waals surface area contributed by atoms with Gasteiger partial charge in [0, 0.05) is 6.54 Å². The number of hydrogen-bond donors (Lipinski definition) is 2. The molecule has 2 N–H and O–H groups in total. The molecule has 0 aliphatic heterocycles. The van der Waals surface area contributed by atoms with Crippen LogP contribution in [-0.2, 0) is 6.54 Å². The van der Waals surface area contributed by atoms with Crippen LogP contribution in [0.4, 0.5) is 4.79 Å². The normalized spacial score (nSPS) is 14.5. The molecule has 132 valence electrons. The Labute approximate surface area is 148 Å². The summed E-state index contributed by atoms with van der Waals surface area (Å²) in [4.78, 5) is 12.3. The van der Waals surface area contributed by atoms with Crippen molar-refractivity contribution in [2.75, 3.05) is 14.2 Å². The first-order valence-electron chi connectivity index (χ1n) is 8.51. The van der Waals surface area contributed by atoms with Crippen LogP contribution in [0.15, 0.2) is 48.5 Å². The lowest BCUT2D eigenvalue weighted by atomic mass is 10.0. The van der Waals surface area contributed by atoms with Crippen LogP contribution in [0.25, 0.3) is 0 Å². The first-order valence-corrected chi connectivity index (χ1v) is 8.51. The molecule has 0 heterocycles. The molecule has 0 unspecified atom stereocenters. The van der Waals surface area contributed by atoms with E-state index in [1.165, 1.54) is 0 Å². The minimum Gasteiger partial charge on any atom is -0.493 e. The van der Waals surface area contributed by atoms with E-state index in [-0.39, 0.29) is 12.1 Å². The van der Waals surface area contributed by atoms with Gasteiger partial charge in [0.05, 0.1) is 20.3 Å². The highest BCUT2D eigenvalue weighted by Gasteiger charge is 2.33. The first kappa shape index (κ1) is 17.1. The quantitative estimate of drug-likeness (QED) is 0.809. The fraction of sp³-hybridized carbons (Fsp3) is 0.350. The third kappa shape index (κ3) is 4.44. The smallest absolute Gasteiger partial charge is 0.315 e. The number of benzene rings is 2. The van der Waals surface area contributed by atoms with Crippen LogP contribution in [0.2, 0.25) is 0 Å². The van der Waals surface area contributed by atoms with Crippen molar-refractivity contribution in [3.63, 3.8) is 0 Å². The second-order valence-electron chi connectivity index (χ2n) is 6.24. The van der Waals surface area contributed by atoms with Gasteiger partial charge in [0.25, 0.3) is 0 Å². The lowest BCUT2D eigenvalue weighted by molar-refractivity contribution is 0.235. The van der Waals surface area contributed by atoms with E-state index in [4.69, 9.17) is 9.47 Å². The zero-order chi connectivity index (χ0) is 17.6. The number of urea groups is 1. The van der Waals surface area contributed by atoms with Gasteiger partial charge in [-0.15, -0.1) is 0 Å². The predicted octanol–water partition coefficient (Wildman–Crippen LogP) is 3.65. The Morgan fingerprint density at radius 1 is 1.08 bits per heavy atom. The molecular weight excluding hydrogens is 316 g/mol. The number of carbonyl (C=O) groups is 1. The molecule has 1 aliphatic rings. The number of rotatable bonds is 7. The van der Waals surface area contributed by atoms with Crippen molar-refractivity contribution < 1.29 is 14.3 Å². The summed E-state index contributed by atoms with van der Waals surface area (Å²) >= 11 is 0. The van der Waals surface area contributed by atoms with Crippen molar-refractivity contribution in [2.24, 2.45) is 5.92 Å².